The Balaban J connectivity index is 0.000000327. The number of aldehydes is 1. The van der Waals surface area contributed by atoms with Crippen molar-refractivity contribution in [3.63, 3.8) is 0 Å². The van der Waals surface area contributed by atoms with Crippen LogP contribution in [0.15, 0.2) is 24.3 Å². The lowest BCUT2D eigenvalue weighted by atomic mass is 10.1. The average Bonchev–Trinajstić information content (AvgIpc) is 2.34. The van der Waals surface area contributed by atoms with Gasteiger partial charge in [-0.15, -0.1) is 0 Å². The Morgan fingerprint density at radius 3 is 2.00 bits per heavy atom. The van der Waals surface area contributed by atoms with Crippen molar-refractivity contribution in [3.05, 3.63) is 24.3 Å². The predicted molar refractivity (Wildman–Crippen MR) is 73.8 cm³/mol. The maximum Gasteiger partial charge on any atom is 0.119 e. The summed E-state index contributed by atoms with van der Waals surface area (Å²) in [6, 6.07) is 5.85. The fourth-order valence-corrected chi connectivity index (χ4v) is 1.50. The van der Waals surface area contributed by atoms with E-state index in [2.05, 4.69) is 6.92 Å². The van der Waals surface area contributed by atoms with Crippen LogP contribution in [0.25, 0.3) is 0 Å². The minimum Gasteiger partial charge on any atom is -0.508 e. The van der Waals surface area contributed by atoms with Gasteiger partial charge in [0.05, 0.1) is 0 Å². The van der Waals surface area contributed by atoms with Gasteiger partial charge in [-0.1, -0.05) is 45.1 Å². The molecule has 0 saturated heterocycles. The first kappa shape index (κ1) is 16.5. The molecule has 0 aliphatic rings. The van der Waals surface area contributed by atoms with Gasteiger partial charge in [-0.05, 0) is 18.6 Å². The second-order valence-electron chi connectivity index (χ2n) is 4.24. The van der Waals surface area contributed by atoms with Gasteiger partial charge in [-0.2, -0.15) is 0 Å². The van der Waals surface area contributed by atoms with Gasteiger partial charge in [0, 0.05) is 12.5 Å². The van der Waals surface area contributed by atoms with Gasteiger partial charge in [0.1, 0.15) is 17.8 Å². The van der Waals surface area contributed by atoms with Gasteiger partial charge in [0.25, 0.3) is 0 Å². The Morgan fingerprint density at radius 1 is 1.00 bits per heavy atom. The number of phenols is 2. The molecule has 1 aromatic rings. The van der Waals surface area contributed by atoms with Crippen LogP contribution in [0.3, 0.4) is 0 Å². The van der Waals surface area contributed by atoms with Gasteiger partial charge in [0.15, 0.2) is 0 Å². The molecule has 0 fully saturated rings. The summed E-state index contributed by atoms with van der Waals surface area (Å²) >= 11 is 0. The van der Waals surface area contributed by atoms with Crippen LogP contribution >= 0.6 is 0 Å². The van der Waals surface area contributed by atoms with Crippen molar-refractivity contribution >= 4 is 6.29 Å². The van der Waals surface area contributed by atoms with E-state index in [1.807, 2.05) is 0 Å². The number of hydrogen-bond donors (Lipinski definition) is 2. The van der Waals surface area contributed by atoms with E-state index in [0.717, 1.165) is 19.1 Å². The number of unbranched alkanes of at least 4 members (excludes halogenated alkanes) is 6. The molecule has 0 heterocycles. The topological polar surface area (TPSA) is 57.5 Å². The lowest BCUT2D eigenvalue weighted by Gasteiger charge is -1.95. The van der Waals surface area contributed by atoms with Gasteiger partial charge in [-0.3, -0.25) is 0 Å². The van der Waals surface area contributed by atoms with Crippen LogP contribution in [0.2, 0.25) is 0 Å². The highest BCUT2D eigenvalue weighted by Crippen LogP contribution is 2.14. The second-order valence-corrected chi connectivity index (χ2v) is 4.24. The third-order valence-corrected chi connectivity index (χ3v) is 2.51. The molecule has 3 heteroatoms. The number of aromatic hydroxyl groups is 2. The van der Waals surface area contributed by atoms with E-state index in [1.54, 1.807) is 6.07 Å². The van der Waals surface area contributed by atoms with E-state index in [9.17, 15) is 4.79 Å². The SMILES string of the molecule is CCCCCCCCC=O.Oc1cccc(O)c1. The summed E-state index contributed by atoms with van der Waals surface area (Å²) in [5, 5.41) is 17.3. The smallest absolute Gasteiger partial charge is 0.119 e. The number of carbonyl (C=O) groups excluding carboxylic acids is 1. The van der Waals surface area contributed by atoms with Crippen LogP contribution in [-0.2, 0) is 4.79 Å². The van der Waals surface area contributed by atoms with Crippen molar-refractivity contribution in [1.82, 2.24) is 0 Å². The van der Waals surface area contributed by atoms with E-state index in [4.69, 9.17) is 10.2 Å². The van der Waals surface area contributed by atoms with Gasteiger partial charge in [-0.25, -0.2) is 0 Å². The van der Waals surface area contributed by atoms with Crippen LogP contribution < -0.4 is 0 Å². The zero-order chi connectivity index (χ0) is 13.6. The molecule has 0 aliphatic heterocycles. The fourth-order valence-electron chi connectivity index (χ4n) is 1.50. The molecule has 2 N–H and O–H groups in total. The van der Waals surface area contributed by atoms with Crippen LogP contribution in [0.4, 0.5) is 0 Å². The standard InChI is InChI=1S/C9H18O.C6H6O2/c1-2-3-4-5-6-7-8-9-10;7-5-2-1-3-6(8)4-5/h9H,2-8H2,1H3;1-4,7-8H. The zero-order valence-corrected chi connectivity index (χ0v) is 11.1. The highest BCUT2D eigenvalue weighted by atomic mass is 16.3. The summed E-state index contributed by atoms with van der Waals surface area (Å²) in [5.74, 6) is 0.176. The number of benzene rings is 1. The summed E-state index contributed by atoms with van der Waals surface area (Å²) in [6.45, 7) is 2.21. The maximum absolute atomic E-state index is 9.89. The highest BCUT2D eigenvalue weighted by Gasteiger charge is 1.87. The van der Waals surface area contributed by atoms with Crippen molar-refractivity contribution in [3.8, 4) is 11.5 Å². The Kier molecular flexibility index (Phi) is 11.0. The van der Waals surface area contributed by atoms with Crippen LogP contribution in [0.5, 0.6) is 11.5 Å². The molecule has 0 amide bonds. The Hall–Kier alpha value is -1.51. The van der Waals surface area contributed by atoms with Crippen molar-refractivity contribution in [2.75, 3.05) is 0 Å². The monoisotopic (exact) mass is 252 g/mol. The zero-order valence-electron chi connectivity index (χ0n) is 11.1. The number of rotatable bonds is 7. The molecule has 3 nitrogen and oxygen atoms in total. The van der Waals surface area contributed by atoms with E-state index in [1.165, 1.54) is 50.3 Å². The van der Waals surface area contributed by atoms with E-state index < -0.39 is 0 Å². The lowest BCUT2D eigenvalue weighted by molar-refractivity contribution is -0.107. The van der Waals surface area contributed by atoms with Crippen molar-refractivity contribution in [2.45, 2.75) is 51.9 Å². The van der Waals surface area contributed by atoms with Gasteiger partial charge < -0.3 is 15.0 Å². The maximum atomic E-state index is 9.89. The quantitative estimate of drug-likeness (QED) is 0.569. The molecule has 0 unspecified atom stereocenters. The molecule has 0 bridgehead atoms. The largest absolute Gasteiger partial charge is 0.508 e. The summed E-state index contributed by atoms with van der Waals surface area (Å²) < 4.78 is 0. The molecule has 0 saturated carbocycles. The second kappa shape index (κ2) is 12.0. The van der Waals surface area contributed by atoms with Crippen molar-refractivity contribution in [2.24, 2.45) is 0 Å². The first-order valence-electron chi connectivity index (χ1n) is 6.62. The summed E-state index contributed by atoms with van der Waals surface area (Å²) in [4.78, 5) is 9.89. The normalized spacial score (nSPS) is 9.39. The van der Waals surface area contributed by atoms with E-state index in [0.29, 0.717) is 0 Å². The molecular formula is C15H24O3. The first-order valence-corrected chi connectivity index (χ1v) is 6.62. The Labute approximate surface area is 109 Å². The van der Waals surface area contributed by atoms with Crippen LogP contribution in [0.1, 0.15) is 51.9 Å². The first-order chi connectivity index (χ1) is 8.70. The molecule has 102 valence electrons. The van der Waals surface area contributed by atoms with E-state index >= 15 is 0 Å². The predicted octanol–water partition coefficient (Wildman–Crippen LogP) is 4.03. The molecule has 0 radical (unpaired) electrons. The van der Waals surface area contributed by atoms with Gasteiger partial charge >= 0.3 is 0 Å². The fraction of sp³-hybridized carbons (Fsp3) is 0.533. The molecule has 0 aromatic heterocycles. The van der Waals surface area contributed by atoms with Crippen molar-refractivity contribution < 1.29 is 15.0 Å². The minimum atomic E-state index is 0.0880. The molecule has 1 rings (SSSR count). The third kappa shape index (κ3) is 11.0. The molecule has 1 aromatic carbocycles. The van der Waals surface area contributed by atoms with E-state index in [-0.39, 0.29) is 11.5 Å². The summed E-state index contributed by atoms with van der Waals surface area (Å²) in [6.07, 6.45) is 9.39. The minimum absolute atomic E-state index is 0.0880. The molecule has 18 heavy (non-hydrogen) atoms. The third-order valence-electron chi connectivity index (χ3n) is 2.51. The lowest BCUT2D eigenvalue weighted by Crippen LogP contribution is -1.79. The number of hydrogen-bond acceptors (Lipinski definition) is 3. The molecule has 0 spiro atoms. The van der Waals surface area contributed by atoms with Crippen LogP contribution in [0, 0.1) is 0 Å². The average molecular weight is 252 g/mol. The Bertz CT molecular complexity index is 293. The van der Waals surface area contributed by atoms with Gasteiger partial charge in [0.2, 0.25) is 0 Å². The van der Waals surface area contributed by atoms with Crippen molar-refractivity contribution in [1.29, 1.82) is 0 Å². The molecular weight excluding hydrogens is 228 g/mol. The highest BCUT2D eigenvalue weighted by molar-refractivity contribution is 5.48. The molecule has 0 aliphatic carbocycles. The summed E-state index contributed by atoms with van der Waals surface area (Å²) in [5.41, 5.74) is 0. The number of carbonyl (C=O) groups is 1. The number of phenolic OH excluding ortho intramolecular Hbond substituents is 2. The summed E-state index contributed by atoms with van der Waals surface area (Å²) in [7, 11) is 0. The van der Waals surface area contributed by atoms with Crippen LogP contribution in [-0.4, -0.2) is 16.5 Å². The molecule has 0 atom stereocenters. The Morgan fingerprint density at radius 2 is 1.56 bits per heavy atom.